The number of halogens is 1. The molecule has 1 atom stereocenters. The molecular formula is C19H23ClN6OS. The Morgan fingerprint density at radius 1 is 1.32 bits per heavy atom. The molecule has 0 bridgehead atoms. The summed E-state index contributed by atoms with van der Waals surface area (Å²) in [6.45, 7) is 3.65. The highest BCUT2D eigenvalue weighted by atomic mass is 35.5. The molecule has 1 saturated heterocycles. The van der Waals surface area contributed by atoms with E-state index in [1.165, 1.54) is 10.1 Å². The van der Waals surface area contributed by atoms with Crippen molar-refractivity contribution in [1.29, 1.82) is 10.7 Å². The SMILES string of the molecule is Cn1c(NCC2CN(Cc3ccc(Cl)cc3)CCO2)c(C#N)c(=N)n(C)c1=S. The minimum Gasteiger partial charge on any atom is -0.374 e. The molecule has 1 aromatic carbocycles. The zero-order valence-corrected chi connectivity index (χ0v) is 17.5. The van der Waals surface area contributed by atoms with Crippen LogP contribution in [0, 0.1) is 21.5 Å². The molecule has 3 rings (SSSR count). The van der Waals surface area contributed by atoms with Crippen LogP contribution < -0.4 is 10.8 Å². The molecule has 2 heterocycles. The third-order valence-corrected chi connectivity index (χ3v) is 5.67. The van der Waals surface area contributed by atoms with Gasteiger partial charge in [-0.3, -0.25) is 10.3 Å². The number of rotatable bonds is 5. The Balaban J connectivity index is 1.68. The van der Waals surface area contributed by atoms with Crippen molar-refractivity contribution >= 4 is 29.6 Å². The summed E-state index contributed by atoms with van der Waals surface area (Å²) in [7, 11) is 3.48. The normalized spacial score (nSPS) is 17.3. The van der Waals surface area contributed by atoms with Crippen molar-refractivity contribution in [2.24, 2.45) is 14.1 Å². The van der Waals surface area contributed by atoms with Gasteiger partial charge in [-0.15, -0.1) is 0 Å². The summed E-state index contributed by atoms with van der Waals surface area (Å²) in [6.07, 6.45) is -0.0238. The molecule has 28 heavy (non-hydrogen) atoms. The van der Waals surface area contributed by atoms with Gasteiger partial charge >= 0.3 is 0 Å². The number of hydrogen-bond acceptors (Lipinski definition) is 6. The second-order valence-electron chi connectivity index (χ2n) is 6.82. The van der Waals surface area contributed by atoms with E-state index in [1.54, 1.807) is 18.7 Å². The summed E-state index contributed by atoms with van der Waals surface area (Å²) < 4.78 is 9.60. The minimum absolute atomic E-state index is 0.0238. The summed E-state index contributed by atoms with van der Waals surface area (Å²) in [5.74, 6) is 0.550. The van der Waals surface area contributed by atoms with E-state index in [0.29, 0.717) is 23.7 Å². The third kappa shape index (κ3) is 4.45. The summed E-state index contributed by atoms with van der Waals surface area (Å²) in [5, 5.41) is 21.6. The third-order valence-electron chi connectivity index (χ3n) is 4.87. The van der Waals surface area contributed by atoms with Crippen LogP contribution >= 0.6 is 23.8 Å². The second kappa shape index (κ2) is 8.88. The molecule has 0 amide bonds. The van der Waals surface area contributed by atoms with Crippen molar-refractivity contribution in [3.8, 4) is 6.07 Å². The van der Waals surface area contributed by atoms with Crippen LogP contribution in [0.1, 0.15) is 11.1 Å². The lowest BCUT2D eigenvalue weighted by Gasteiger charge is -2.33. The zero-order valence-electron chi connectivity index (χ0n) is 15.9. The van der Waals surface area contributed by atoms with Crippen LogP contribution in [0.2, 0.25) is 5.02 Å². The second-order valence-corrected chi connectivity index (χ2v) is 7.62. The quantitative estimate of drug-likeness (QED) is 0.728. The summed E-state index contributed by atoms with van der Waals surface area (Å²) in [4.78, 5) is 2.34. The van der Waals surface area contributed by atoms with Gasteiger partial charge in [-0.2, -0.15) is 5.26 Å². The lowest BCUT2D eigenvalue weighted by Crippen LogP contribution is -2.45. The Labute approximate surface area is 174 Å². The van der Waals surface area contributed by atoms with E-state index in [-0.39, 0.29) is 17.2 Å². The molecule has 2 aromatic rings. The highest BCUT2D eigenvalue weighted by Crippen LogP contribution is 2.15. The fraction of sp³-hybridized carbons (Fsp3) is 0.421. The topological polar surface area (TPSA) is 82.0 Å². The van der Waals surface area contributed by atoms with Crippen molar-refractivity contribution in [2.45, 2.75) is 12.6 Å². The van der Waals surface area contributed by atoms with Crippen molar-refractivity contribution in [3.63, 3.8) is 0 Å². The van der Waals surface area contributed by atoms with Gasteiger partial charge in [0.1, 0.15) is 22.9 Å². The van der Waals surface area contributed by atoms with Crippen molar-refractivity contribution in [1.82, 2.24) is 14.0 Å². The van der Waals surface area contributed by atoms with Crippen LogP contribution in [-0.4, -0.2) is 46.4 Å². The van der Waals surface area contributed by atoms with Gasteiger partial charge in [-0.25, -0.2) is 0 Å². The number of benzene rings is 1. The molecule has 0 radical (unpaired) electrons. The maximum absolute atomic E-state index is 9.48. The number of nitriles is 1. The minimum atomic E-state index is -0.0238. The standard InChI is InChI=1S/C19H23ClN6OS/c1-24-17(22)16(9-21)18(25(2)19(24)28)23-10-15-12-26(7-8-27-15)11-13-3-5-14(20)6-4-13/h3-6,15,22-23H,7-8,10-12H2,1-2H3. The summed E-state index contributed by atoms with van der Waals surface area (Å²) in [6, 6.07) is 9.99. The lowest BCUT2D eigenvalue weighted by molar-refractivity contribution is -0.0241. The first-order valence-electron chi connectivity index (χ1n) is 8.97. The first-order chi connectivity index (χ1) is 13.4. The Morgan fingerprint density at radius 3 is 2.71 bits per heavy atom. The van der Waals surface area contributed by atoms with Gasteiger partial charge in [0.15, 0.2) is 4.77 Å². The van der Waals surface area contributed by atoms with E-state index in [1.807, 2.05) is 24.3 Å². The zero-order chi connectivity index (χ0) is 20.3. The summed E-state index contributed by atoms with van der Waals surface area (Å²) >= 11 is 11.3. The maximum atomic E-state index is 9.48. The number of aromatic nitrogens is 2. The van der Waals surface area contributed by atoms with E-state index in [0.717, 1.165) is 24.7 Å². The number of nitrogens with zero attached hydrogens (tertiary/aromatic N) is 4. The molecule has 1 aliphatic heterocycles. The van der Waals surface area contributed by atoms with Gasteiger partial charge in [0.25, 0.3) is 0 Å². The first-order valence-corrected chi connectivity index (χ1v) is 9.76. The molecule has 0 aliphatic carbocycles. The van der Waals surface area contributed by atoms with Crippen LogP contribution in [0.25, 0.3) is 0 Å². The number of nitrogens with one attached hydrogen (secondary N) is 2. The molecule has 1 aliphatic rings. The number of ether oxygens (including phenoxy) is 1. The molecule has 0 saturated carbocycles. The first kappa shape index (κ1) is 20.6. The van der Waals surface area contributed by atoms with Gasteiger partial charge < -0.3 is 19.2 Å². The fourth-order valence-corrected chi connectivity index (χ4v) is 3.59. The average Bonchev–Trinajstić information content (AvgIpc) is 2.70. The predicted molar refractivity (Wildman–Crippen MR) is 111 cm³/mol. The molecular weight excluding hydrogens is 396 g/mol. The molecule has 1 fully saturated rings. The lowest BCUT2D eigenvalue weighted by atomic mass is 10.2. The molecule has 148 valence electrons. The monoisotopic (exact) mass is 418 g/mol. The number of hydrogen-bond donors (Lipinski definition) is 2. The van der Waals surface area contributed by atoms with E-state index < -0.39 is 0 Å². The Kier molecular flexibility index (Phi) is 6.52. The highest BCUT2D eigenvalue weighted by molar-refractivity contribution is 7.71. The molecule has 2 N–H and O–H groups in total. The fourth-order valence-electron chi connectivity index (χ4n) is 3.28. The van der Waals surface area contributed by atoms with E-state index >= 15 is 0 Å². The molecule has 1 unspecified atom stereocenters. The molecule has 1 aromatic heterocycles. The Morgan fingerprint density at radius 2 is 2.04 bits per heavy atom. The van der Waals surface area contributed by atoms with E-state index in [9.17, 15) is 5.26 Å². The number of anilines is 1. The number of morpholine rings is 1. The molecule has 7 nitrogen and oxygen atoms in total. The van der Waals surface area contributed by atoms with Crippen molar-refractivity contribution in [3.05, 3.63) is 50.7 Å². The maximum Gasteiger partial charge on any atom is 0.182 e. The van der Waals surface area contributed by atoms with Crippen LogP contribution in [-0.2, 0) is 25.4 Å². The summed E-state index contributed by atoms with van der Waals surface area (Å²) in [5.41, 5.74) is 1.58. The van der Waals surface area contributed by atoms with Gasteiger partial charge in [0, 0.05) is 45.3 Å². The van der Waals surface area contributed by atoms with Crippen LogP contribution in [0.15, 0.2) is 24.3 Å². The van der Waals surface area contributed by atoms with Crippen LogP contribution in [0.5, 0.6) is 0 Å². The Hall–Kier alpha value is -2.18. The van der Waals surface area contributed by atoms with Gasteiger partial charge in [-0.05, 0) is 29.9 Å². The Bertz CT molecular complexity index is 1010. The van der Waals surface area contributed by atoms with Crippen LogP contribution in [0.4, 0.5) is 5.82 Å². The average molecular weight is 419 g/mol. The largest absolute Gasteiger partial charge is 0.374 e. The van der Waals surface area contributed by atoms with E-state index in [4.69, 9.17) is 34.0 Å². The highest BCUT2D eigenvalue weighted by Gasteiger charge is 2.21. The van der Waals surface area contributed by atoms with Gasteiger partial charge in [0.05, 0.1) is 12.7 Å². The van der Waals surface area contributed by atoms with Crippen molar-refractivity contribution in [2.75, 3.05) is 31.6 Å². The van der Waals surface area contributed by atoms with E-state index in [2.05, 4.69) is 16.3 Å². The van der Waals surface area contributed by atoms with Crippen molar-refractivity contribution < 1.29 is 4.74 Å². The smallest absolute Gasteiger partial charge is 0.182 e. The molecule has 9 heteroatoms. The van der Waals surface area contributed by atoms with Gasteiger partial charge in [0.2, 0.25) is 0 Å². The predicted octanol–water partition coefficient (Wildman–Crippen LogP) is 2.41. The molecule has 0 spiro atoms. The van der Waals surface area contributed by atoms with Crippen LogP contribution in [0.3, 0.4) is 0 Å². The van der Waals surface area contributed by atoms with Gasteiger partial charge in [-0.1, -0.05) is 23.7 Å².